The number of rotatable bonds is 5. The summed E-state index contributed by atoms with van der Waals surface area (Å²) in [6.45, 7) is 1.50. The normalized spacial score (nSPS) is 11.8. The van der Waals surface area contributed by atoms with Gasteiger partial charge in [0.15, 0.2) is 6.10 Å². The van der Waals surface area contributed by atoms with E-state index in [4.69, 9.17) is 27.9 Å². The molecule has 1 aromatic heterocycles. The number of halogens is 3. The highest BCUT2D eigenvalue weighted by molar-refractivity contribution is 9.10. The van der Waals surface area contributed by atoms with Crippen molar-refractivity contribution >= 4 is 67.6 Å². The molecule has 4 aromatic rings. The number of ether oxygens (including phenoxy) is 1. The SMILES string of the molecule is CC(OC(=O)c1cc(-c2cccc(Br)c2)nc2ccccc12)C(=O)Nc1cc(Cl)cc(Cl)c1. The zero-order chi connectivity index (χ0) is 23.5. The Balaban J connectivity index is 1.61. The molecule has 1 amide bonds. The fourth-order valence-corrected chi connectivity index (χ4v) is 4.21. The van der Waals surface area contributed by atoms with Crippen LogP contribution in [0.1, 0.15) is 17.3 Å². The Kier molecular flexibility index (Phi) is 6.98. The number of hydrogen-bond donors (Lipinski definition) is 1. The Morgan fingerprint density at radius 2 is 1.70 bits per heavy atom. The first kappa shape index (κ1) is 23.2. The molecule has 3 aromatic carbocycles. The number of fused-ring (bicyclic) bond motifs is 1. The molecule has 8 heteroatoms. The first-order valence-corrected chi connectivity index (χ1v) is 11.5. The van der Waals surface area contributed by atoms with Gasteiger partial charge in [0.25, 0.3) is 5.91 Å². The van der Waals surface area contributed by atoms with Gasteiger partial charge in [-0.15, -0.1) is 0 Å². The number of carbonyl (C=O) groups excluding carboxylic acids is 2. The lowest BCUT2D eigenvalue weighted by Crippen LogP contribution is -2.30. The van der Waals surface area contributed by atoms with Crippen LogP contribution in [-0.2, 0) is 9.53 Å². The van der Waals surface area contributed by atoms with Crippen LogP contribution in [0.15, 0.2) is 77.3 Å². The van der Waals surface area contributed by atoms with E-state index < -0.39 is 18.0 Å². The largest absolute Gasteiger partial charge is 0.449 e. The van der Waals surface area contributed by atoms with Crippen LogP contribution in [0.3, 0.4) is 0 Å². The summed E-state index contributed by atoms with van der Waals surface area (Å²) in [5, 5.41) is 4.05. The van der Waals surface area contributed by atoms with E-state index in [1.54, 1.807) is 30.3 Å². The van der Waals surface area contributed by atoms with Gasteiger partial charge in [0.1, 0.15) is 0 Å². The van der Waals surface area contributed by atoms with Crippen molar-refractivity contribution in [2.24, 2.45) is 0 Å². The minimum absolute atomic E-state index is 0.320. The summed E-state index contributed by atoms with van der Waals surface area (Å²) in [7, 11) is 0. The lowest BCUT2D eigenvalue weighted by Gasteiger charge is -2.15. The first-order chi connectivity index (χ1) is 15.8. The third-order valence-electron chi connectivity index (χ3n) is 4.84. The average molecular weight is 544 g/mol. The number of pyridine rings is 1. The summed E-state index contributed by atoms with van der Waals surface area (Å²) in [4.78, 5) is 30.4. The highest BCUT2D eigenvalue weighted by atomic mass is 79.9. The standard InChI is InChI=1S/C25H17BrCl2N2O3/c1-14(24(31)29-19-11-17(27)10-18(28)12-19)33-25(32)21-13-23(15-5-4-6-16(26)9-15)30-22-8-3-2-7-20(21)22/h2-14H,1H3,(H,29,31). The molecule has 1 N–H and O–H groups in total. The van der Waals surface area contributed by atoms with Gasteiger partial charge < -0.3 is 10.1 Å². The minimum Gasteiger partial charge on any atom is -0.449 e. The van der Waals surface area contributed by atoms with Gasteiger partial charge in [-0.25, -0.2) is 9.78 Å². The lowest BCUT2D eigenvalue weighted by molar-refractivity contribution is -0.123. The van der Waals surface area contributed by atoms with E-state index in [-0.39, 0.29) is 0 Å². The monoisotopic (exact) mass is 542 g/mol. The molecule has 4 rings (SSSR count). The molecule has 0 aliphatic rings. The van der Waals surface area contributed by atoms with E-state index in [2.05, 4.69) is 26.2 Å². The van der Waals surface area contributed by atoms with Gasteiger partial charge in [0, 0.05) is 31.2 Å². The number of nitrogens with zero attached hydrogens (tertiary/aromatic N) is 1. The minimum atomic E-state index is -1.06. The molecule has 0 spiro atoms. The fraction of sp³-hybridized carbons (Fsp3) is 0.0800. The van der Waals surface area contributed by atoms with Crippen LogP contribution in [0, 0.1) is 0 Å². The van der Waals surface area contributed by atoms with Crippen LogP contribution >= 0.6 is 39.1 Å². The molecule has 0 saturated carbocycles. The van der Waals surface area contributed by atoms with Crippen molar-refractivity contribution in [1.29, 1.82) is 0 Å². The maximum absolute atomic E-state index is 13.1. The smallest absolute Gasteiger partial charge is 0.339 e. The second kappa shape index (κ2) is 9.91. The molecular formula is C25H17BrCl2N2O3. The van der Waals surface area contributed by atoms with Crippen LogP contribution in [-0.4, -0.2) is 23.0 Å². The van der Waals surface area contributed by atoms with Crippen molar-refractivity contribution in [2.75, 3.05) is 5.32 Å². The number of anilines is 1. The molecule has 0 fully saturated rings. The molecule has 1 atom stereocenters. The zero-order valence-corrected chi connectivity index (χ0v) is 20.4. The van der Waals surface area contributed by atoms with Gasteiger partial charge in [-0.3, -0.25) is 4.79 Å². The third kappa shape index (κ3) is 5.53. The van der Waals surface area contributed by atoms with Crippen LogP contribution in [0.2, 0.25) is 10.0 Å². The number of aromatic nitrogens is 1. The summed E-state index contributed by atoms with van der Waals surface area (Å²) >= 11 is 15.4. The number of amides is 1. The third-order valence-corrected chi connectivity index (χ3v) is 5.77. The number of hydrogen-bond acceptors (Lipinski definition) is 4. The van der Waals surface area contributed by atoms with Gasteiger partial charge >= 0.3 is 5.97 Å². The van der Waals surface area contributed by atoms with E-state index in [1.165, 1.54) is 6.92 Å². The predicted octanol–water partition coefficient (Wildman–Crippen LogP) is 7.16. The van der Waals surface area contributed by atoms with Crippen molar-refractivity contribution in [3.05, 3.63) is 92.9 Å². The molecule has 0 aliphatic carbocycles. The molecule has 33 heavy (non-hydrogen) atoms. The Hall–Kier alpha value is -2.93. The van der Waals surface area contributed by atoms with Gasteiger partial charge in [-0.2, -0.15) is 0 Å². The van der Waals surface area contributed by atoms with E-state index in [1.807, 2.05) is 42.5 Å². The highest BCUT2D eigenvalue weighted by Gasteiger charge is 2.22. The number of para-hydroxylation sites is 1. The first-order valence-electron chi connectivity index (χ1n) is 9.94. The van der Waals surface area contributed by atoms with E-state index >= 15 is 0 Å². The molecule has 0 saturated heterocycles. The molecule has 1 unspecified atom stereocenters. The van der Waals surface area contributed by atoms with Crippen LogP contribution in [0.4, 0.5) is 5.69 Å². The highest BCUT2D eigenvalue weighted by Crippen LogP contribution is 2.28. The maximum Gasteiger partial charge on any atom is 0.339 e. The molecule has 0 aliphatic heterocycles. The van der Waals surface area contributed by atoms with Crippen LogP contribution < -0.4 is 5.32 Å². The van der Waals surface area contributed by atoms with Gasteiger partial charge in [0.2, 0.25) is 0 Å². The van der Waals surface area contributed by atoms with Crippen molar-refractivity contribution in [1.82, 2.24) is 4.98 Å². The summed E-state index contributed by atoms with van der Waals surface area (Å²) < 4.78 is 6.39. The maximum atomic E-state index is 13.1. The number of benzene rings is 3. The summed E-state index contributed by atoms with van der Waals surface area (Å²) in [6, 6.07) is 21.3. The molecule has 166 valence electrons. The lowest BCUT2D eigenvalue weighted by atomic mass is 10.0. The fourth-order valence-electron chi connectivity index (χ4n) is 3.29. The Morgan fingerprint density at radius 3 is 2.42 bits per heavy atom. The quantitative estimate of drug-likeness (QED) is 0.271. The topological polar surface area (TPSA) is 68.3 Å². The Morgan fingerprint density at radius 1 is 0.970 bits per heavy atom. The zero-order valence-electron chi connectivity index (χ0n) is 17.3. The Bertz CT molecular complexity index is 1360. The van der Waals surface area contributed by atoms with E-state index in [0.717, 1.165) is 10.0 Å². The summed E-state index contributed by atoms with van der Waals surface area (Å²) in [5.41, 5.74) is 2.83. The average Bonchev–Trinajstić information content (AvgIpc) is 2.77. The molecular weight excluding hydrogens is 527 g/mol. The number of esters is 1. The molecule has 1 heterocycles. The van der Waals surface area contributed by atoms with Crippen molar-refractivity contribution in [3.8, 4) is 11.3 Å². The Labute approximate surface area is 208 Å². The molecule has 5 nitrogen and oxygen atoms in total. The van der Waals surface area contributed by atoms with Gasteiger partial charge in [-0.05, 0) is 49.4 Å². The second-order valence-corrected chi connectivity index (χ2v) is 9.07. The van der Waals surface area contributed by atoms with E-state index in [9.17, 15) is 9.59 Å². The van der Waals surface area contributed by atoms with Gasteiger partial charge in [-0.1, -0.05) is 69.5 Å². The number of carbonyl (C=O) groups is 2. The number of nitrogens with one attached hydrogen (secondary N) is 1. The van der Waals surface area contributed by atoms with Crippen molar-refractivity contribution in [2.45, 2.75) is 13.0 Å². The summed E-state index contributed by atoms with van der Waals surface area (Å²) in [6.07, 6.45) is -1.06. The van der Waals surface area contributed by atoms with Gasteiger partial charge in [0.05, 0.1) is 16.8 Å². The summed E-state index contributed by atoms with van der Waals surface area (Å²) in [5.74, 6) is -1.14. The van der Waals surface area contributed by atoms with Crippen molar-refractivity contribution < 1.29 is 14.3 Å². The van der Waals surface area contributed by atoms with Crippen LogP contribution in [0.25, 0.3) is 22.2 Å². The van der Waals surface area contributed by atoms with Crippen molar-refractivity contribution in [3.63, 3.8) is 0 Å². The van der Waals surface area contributed by atoms with Crippen LogP contribution in [0.5, 0.6) is 0 Å². The molecule has 0 radical (unpaired) electrons. The van der Waals surface area contributed by atoms with E-state index in [0.29, 0.717) is 37.9 Å². The predicted molar refractivity (Wildman–Crippen MR) is 135 cm³/mol. The molecule has 0 bridgehead atoms. The second-order valence-electron chi connectivity index (χ2n) is 7.28.